The zero-order valence-corrected chi connectivity index (χ0v) is 19.9. The van der Waals surface area contributed by atoms with E-state index in [2.05, 4.69) is 19.9 Å². The lowest BCUT2D eigenvalue weighted by Gasteiger charge is -2.23. The van der Waals surface area contributed by atoms with E-state index in [4.69, 9.17) is 9.47 Å². The number of esters is 1. The SMILES string of the molecule is CN=C(NCCCCCCC(=O)OC)N(C)Cc1ccc(OC)cc1OC.I. The highest BCUT2D eigenvalue weighted by Crippen LogP contribution is 2.25. The minimum Gasteiger partial charge on any atom is -0.497 e. The van der Waals surface area contributed by atoms with Gasteiger partial charge >= 0.3 is 5.97 Å². The van der Waals surface area contributed by atoms with Crippen molar-refractivity contribution in [1.82, 2.24) is 10.2 Å². The van der Waals surface area contributed by atoms with Gasteiger partial charge < -0.3 is 24.4 Å². The van der Waals surface area contributed by atoms with E-state index in [0.29, 0.717) is 13.0 Å². The molecule has 0 radical (unpaired) electrons. The van der Waals surface area contributed by atoms with E-state index in [1.54, 1.807) is 21.3 Å². The molecule has 7 nitrogen and oxygen atoms in total. The van der Waals surface area contributed by atoms with Crippen molar-refractivity contribution >= 4 is 35.9 Å². The zero-order valence-electron chi connectivity index (χ0n) is 17.6. The molecule has 0 heterocycles. The highest BCUT2D eigenvalue weighted by molar-refractivity contribution is 14.0. The second-order valence-corrected chi connectivity index (χ2v) is 6.25. The molecule has 0 aliphatic heterocycles. The molecule has 0 bridgehead atoms. The molecule has 0 amide bonds. The van der Waals surface area contributed by atoms with E-state index in [1.807, 2.05) is 25.2 Å². The average Bonchev–Trinajstić information content (AvgIpc) is 2.69. The van der Waals surface area contributed by atoms with Crippen LogP contribution >= 0.6 is 24.0 Å². The number of benzene rings is 1. The van der Waals surface area contributed by atoms with E-state index in [-0.39, 0.29) is 29.9 Å². The number of nitrogens with one attached hydrogen (secondary N) is 1. The quantitative estimate of drug-likeness (QED) is 0.163. The van der Waals surface area contributed by atoms with Gasteiger partial charge in [-0.15, -0.1) is 24.0 Å². The molecule has 0 unspecified atom stereocenters. The second kappa shape index (κ2) is 15.2. The number of carbonyl (C=O) groups is 1. The smallest absolute Gasteiger partial charge is 0.305 e. The first kappa shape index (κ1) is 26.3. The number of guanidine groups is 1. The lowest BCUT2D eigenvalue weighted by atomic mass is 10.1. The van der Waals surface area contributed by atoms with E-state index >= 15 is 0 Å². The van der Waals surface area contributed by atoms with Crippen LogP contribution in [-0.4, -0.2) is 58.8 Å². The van der Waals surface area contributed by atoms with Crippen LogP contribution in [0, 0.1) is 0 Å². The third-order valence-electron chi connectivity index (χ3n) is 4.29. The van der Waals surface area contributed by atoms with Crippen molar-refractivity contribution in [3.8, 4) is 11.5 Å². The van der Waals surface area contributed by atoms with E-state index in [9.17, 15) is 4.79 Å². The van der Waals surface area contributed by atoms with Gasteiger partial charge in [0.25, 0.3) is 0 Å². The van der Waals surface area contributed by atoms with Gasteiger partial charge in [0.2, 0.25) is 0 Å². The summed E-state index contributed by atoms with van der Waals surface area (Å²) in [5, 5.41) is 3.38. The van der Waals surface area contributed by atoms with Crippen molar-refractivity contribution < 1.29 is 19.0 Å². The van der Waals surface area contributed by atoms with Gasteiger partial charge in [-0.1, -0.05) is 12.8 Å². The Morgan fingerprint density at radius 2 is 1.82 bits per heavy atom. The summed E-state index contributed by atoms with van der Waals surface area (Å²) >= 11 is 0. The van der Waals surface area contributed by atoms with Crippen LogP contribution in [-0.2, 0) is 16.1 Å². The number of methoxy groups -OCH3 is 3. The third kappa shape index (κ3) is 9.48. The summed E-state index contributed by atoms with van der Waals surface area (Å²) < 4.78 is 15.3. The third-order valence-corrected chi connectivity index (χ3v) is 4.29. The number of rotatable bonds is 11. The number of halogens is 1. The van der Waals surface area contributed by atoms with Crippen LogP contribution in [0.5, 0.6) is 11.5 Å². The van der Waals surface area contributed by atoms with Gasteiger partial charge in [-0.05, 0) is 25.0 Å². The van der Waals surface area contributed by atoms with E-state index in [1.165, 1.54) is 7.11 Å². The molecule has 160 valence electrons. The molecule has 0 aliphatic rings. The number of carbonyl (C=O) groups excluding carboxylic acids is 1. The maximum atomic E-state index is 11.1. The number of hydrogen-bond donors (Lipinski definition) is 1. The Morgan fingerprint density at radius 1 is 1.11 bits per heavy atom. The van der Waals surface area contributed by atoms with Crippen molar-refractivity contribution in [3.63, 3.8) is 0 Å². The number of aliphatic imine (C=N–C) groups is 1. The number of unbranched alkanes of at least 4 members (excludes halogenated alkanes) is 3. The molecular weight excluding hydrogens is 473 g/mol. The predicted octanol–water partition coefficient (Wildman–Crippen LogP) is 3.45. The van der Waals surface area contributed by atoms with Crippen LogP contribution in [0.1, 0.15) is 37.7 Å². The Bertz CT molecular complexity index is 611. The van der Waals surface area contributed by atoms with Crippen LogP contribution in [0.3, 0.4) is 0 Å². The molecule has 1 N–H and O–H groups in total. The van der Waals surface area contributed by atoms with Crippen molar-refractivity contribution in [2.75, 3.05) is 42.0 Å². The molecule has 0 saturated carbocycles. The fraction of sp³-hybridized carbons (Fsp3) is 0.600. The largest absolute Gasteiger partial charge is 0.497 e. The molecule has 28 heavy (non-hydrogen) atoms. The highest BCUT2D eigenvalue weighted by Gasteiger charge is 2.11. The van der Waals surface area contributed by atoms with Crippen LogP contribution < -0.4 is 14.8 Å². The van der Waals surface area contributed by atoms with Crippen LogP contribution in [0.2, 0.25) is 0 Å². The maximum absolute atomic E-state index is 11.1. The van der Waals surface area contributed by atoms with Gasteiger partial charge in [-0.3, -0.25) is 9.79 Å². The first-order chi connectivity index (χ1) is 13.0. The van der Waals surface area contributed by atoms with Gasteiger partial charge in [0, 0.05) is 45.2 Å². The standard InChI is InChI=1S/C20H33N3O4.HI/c1-21-20(22-13-9-7-6-8-10-19(24)27-5)23(2)15-16-11-12-17(25-3)14-18(16)26-4;/h11-12,14H,6-10,13,15H2,1-5H3,(H,21,22);1H. The average molecular weight is 507 g/mol. The lowest BCUT2D eigenvalue weighted by molar-refractivity contribution is -0.140. The summed E-state index contributed by atoms with van der Waals surface area (Å²) in [5.74, 6) is 2.27. The predicted molar refractivity (Wildman–Crippen MR) is 123 cm³/mol. The van der Waals surface area contributed by atoms with Crippen molar-refractivity contribution in [2.24, 2.45) is 4.99 Å². The fourth-order valence-electron chi connectivity index (χ4n) is 2.75. The summed E-state index contributed by atoms with van der Waals surface area (Å²) in [4.78, 5) is 17.5. The Balaban J connectivity index is 0.00000729. The molecular formula is C20H34IN3O4. The van der Waals surface area contributed by atoms with Crippen molar-refractivity contribution in [3.05, 3.63) is 23.8 Å². The molecule has 0 spiro atoms. The van der Waals surface area contributed by atoms with Gasteiger partial charge in [0.1, 0.15) is 11.5 Å². The molecule has 1 aromatic carbocycles. The summed E-state index contributed by atoms with van der Waals surface area (Å²) in [6.07, 6.45) is 4.49. The molecule has 0 aromatic heterocycles. The zero-order chi connectivity index (χ0) is 20.1. The summed E-state index contributed by atoms with van der Waals surface area (Å²) in [6, 6.07) is 5.81. The molecule has 0 saturated heterocycles. The van der Waals surface area contributed by atoms with E-state index < -0.39 is 0 Å². The monoisotopic (exact) mass is 507 g/mol. The Labute approximate surface area is 185 Å². The van der Waals surface area contributed by atoms with Crippen molar-refractivity contribution in [1.29, 1.82) is 0 Å². The number of nitrogens with zero attached hydrogens (tertiary/aromatic N) is 2. The number of hydrogen-bond acceptors (Lipinski definition) is 5. The Morgan fingerprint density at radius 3 is 2.43 bits per heavy atom. The first-order valence-corrected chi connectivity index (χ1v) is 9.25. The van der Waals surface area contributed by atoms with Crippen LogP contribution in [0.4, 0.5) is 0 Å². The molecule has 0 fully saturated rings. The highest BCUT2D eigenvalue weighted by atomic mass is 127. The maximum Gasteiger partial charge on any atom is 0.305 e. The molecule has 8 heteroatoms. The minimum absolute atomic E-state index is 0. The summed E-state index contributed by atoms with van der Waals surface area (Å²) in [5.41, 5.74) is 1.06. The summed E-state index contributed by atoms with van der Waals surface area (Å²) in [6.45, 7) is 1.51. The molecule has 1 aromatic rings. The van der Waals surface area contributed by atoms with E-state index in [0.717, 1.165) is 55.3 Å². The lowest BCUT2D eigenvalue weighted by Crippen LogP contribution is -2.38. The topological polar surface area (TPSA) is 72.4 Å². The number of ether oxygens (including phenoxy) is 3. The van der Waals surface area contributed by atoms with Gasteiger partial charge in [-0.25, -0.2) is 0 Å². The minimum atomic E-state index is -0.135. The van der Waals surface area contributed by atoms with Gasteiger partial charge in [0.05, 0.1) is 21.3 Å². The van der Waals surface area contributed by atoms with Gasteiger partial charge in [0.15, 0.2) is 5.96 Å². The van der Waals surface area contributed by atoms with Crippen molar-refractivity contribution in [2.45, 2.75) is 38.6 Å². The summed E-state index contributed by atoms with van der Waals surface area (Å²) in [7, 11) is 8.50. The molecule has 1 rings (SSSR count). The molecule has 0 atom stereocenters. The molecule has 0 aliphatic carbocycles. The Kier molecular flexibility index (Phi) is 14.3. The Hall–Kier alpha value is -1.71. The second-order valence-electron chi connectivity index (χ2n) is 6.25. The van der Waals surface area contributed by atoms with Gasteiger partial charge in [-0.2, -0.15) is 0 Å². The normalized spacial score (nSPS) is 10.7. The first-order valence-electron chi connectivity index (χ1n) is 9.25. The van der Waals surface area contributed by atoms with Crippen LogP contribution in [0.25, 0.3) is 0 Å². The van der Waals surface area contributed by atoms with Crippen LogP contribution in [0.15, 0.2) is 23.2 Å². The fourth-order valence-corrected chi connectivity index (χ4v) is 2.75.